The van der Waals surface area contributed by atoms with E-state index in [-0.39, 0.29) is 6.04 Å². The highest BCUT2D eigenvalue weighted by Gasteiger charge is 2.19. The zero-order valence-corrected chi connectivity index (χ0v) is 12.9. The Balaban J connectivity index is 4.00. The number of hydrogen-bond donors (Lipinski definition) is 3. The van der Waals surface area contributed by atoms with Crippen molar-refractivity contribution < 1.29 is 14.7 Å². The van der Waals surface area contributed by atoms with E-state index in [0.29, 0.717) is 6.42 Å². The number of urea groups is 1. The maximum absolute atomic E-state index is 11.7. The molecule has 0 aromatic rings. The molecule has 0 fully saturated rings. The minimum atomic E-state index is -0.974. The minimum absolute atomic E-state index is 0.0553. The first-order chi connectivity index (χ1) is 9.01. The summed E-state index contributed by atoms with van der Waals surface area (Å²) >= 11 is 1.83. The first-order valence-electron chi connectivity index (χ1n) is 6.88. The van der Waals surface area contributed by atoms with Crippen molar-refractivity contribution in [1.29, 1.82) is 0 Å². The smallest absolute Gasteiger partial charge is 0.326 e. The van der Waals surface area contributed by atoms with Crippen LogP contribution < -0.4 is 10.6 Å². The molecule has 0 aliphatic heterocycles. The highest BCUT2D eigenvalue weighted by molar-refractivity contribution is 7.99. The molecule has 1 unspecified atom stereocenters. The lowest BCUT2D eigenvalue weighted by atomic mass is 10.1. The van der Waals surface area contributed by atoms with Gasteiger partial charge in [0, 0.05) is 6.04 Å². The summed E-state index contributed by atoms with van der Waals surface area (Å²) in [5.41, 5.74) is 0. The average molecular weight is 290 g/mol. The van der Waals surface area contributed by atoms with Crippen LogP contribution in [0, 0.1) is 0 Å². The van der Waals surface area contributed by atoms with E-state index in [2.05, 4.69) is 17.6 Å². The summed E-state index contributed by atoms with van der Waals surface area (Å²) in [7, 11) is 0. The van der Waals surface area contributed by atoms with Crippen molar-refractivity contribution in [2.24, 2.45) is 0 Å². The molecule has 112 valence electrons. The van der Waals surface area contributed by atoms with E-state index in [4.69, 9.17) is 5.11 Å². The summed E-state index contributed by atoms with van der Waals surface area (Å²) in [5, 5.41) is 14.3. The Labute approximate surface area is 119 Å². The highest BCUT2D eigenvalue weighted by atomic mass is 32.2. The van der Waals surface area contributed by atoms with Crippen molar-refractivity contribution >= 4 is 23.8 Å². The molecule has 2 amide bonds. The molecular weight excluding hydrogens is 264 g/mol. The van der Waals surface area contributed by atoms with E-state index >= 15 is 0 Å². The molecule has 0 spiro atoms. The molecule has 0 radical (unpaired) electrons. The van der Waals surface area contributed by atoms with Crippen LogP contribution in [0.25, 0.3) is 0 Å². The summed E-state index contributed by atoms with van der Waals surface area (Å²) in [5.74, 6) is 1.09. The van der Waals surface area contributed by atoms with Crippen molar-refractivity contribution in [2.75, 3.05) is 11.5 Å². The van der Waals surface area contributed by atoms with Crippen LogP contribution in [-0.4, -0.2) is 40.7 Å². The summed E-state index contributed by atoms with van der Waals surface area (Å²) in [4.78, 5) is 22.7. The van der Waals surface area contributed by atoms with Gasteiger partial charge < -0.3 is 15.7 Å². The number of carboxylic acids is 1. The quantitative estimate of drug-likeness (QED) is 0.540. The second-order valence-electron chi connectivity index (χ2n) is 4.54. The third-order valence-corrected chi connectivity index (χ3v) is 3.66. The van der Waals surface area contributed by atoms with Gasteiger partial charge in [-0.15, -0.1) is 0 Å². The fraction of sp³-hybridized carbons (Fsp3) is 0.846. The number of hydrogen-bond acceptors (Lipinski definition) is 3. The van der Waals surface area contributed by atoms with Crippen molar-refractivity contribution in [1.82, 2.24) is 10.6 Å². The van der Waals surface area contributed by atoms with E-state index in [1.165, 1.54) is 0 Å². The number of nitrogens with one attached hydrogen (secondary N) is 2. The fourth-order valence-electron chi connectivity index (χ4n) is 1.57. The van der Waals surface area contributed by atoms with Gasteiger partial charge in [-0.25, -0.2) is 9.59 Å². The van der Waals surface area contributed by atoms with E-state index in [9.17, 15) is 9.59 Å². The molecule has 0 rings (SSSR count). The van der Waals surface area contributed by atoms with Crippen LogP contribution >= 0.6 is 11.8 Å². The van der Waals surface area contributed by atoms with E-state index in [0.717, 1.165) is 30.8 Å². The number of rotatable bonds is 10. The van der Waals surface area contributed by atoms with Gasteiger partial charge in [-0.1, -0.05) is 26.7 Å². The van der Waals surface area contributed by atoms with Gasteiger partial charge in [0.1, 0.15) is 6.04 Å². The van der Waals surface area contributed by atoms with E-state index in [1.807, 2.05) is 25.6 Å². The molecule has 0 aliphatic rings. The molecule has 0 aromatic carbocycles. The Morgan fingerprint density at radius 2 is 1.89 bits per heavy atom. The monoisotopic (exact) mass is 290 g/mol. The van der Waals surface area contributed by atoms with Crippen LogP contribution in [0.5, 0.6) is 0 Å². The predicted molar refractivity (Wildman–Crippen MR) is 79.7 cm³/mol. The van der Waals surface area contributed by atoms with Crippen LogP contribution in [0.1, 0.15) is 46.5 Å². The van der Waals surface area contributed by atoms with Gasteiger partial charge in [0.15, 0.2) is 0 Å². The Hall–Kier alpha value is -0.910. The maximum atomic E-state index is 11.7. The second-order valence-corrected chi connectivity index (χ2v) is 5.93. The summed E-state index contributed by atoms with van der Waals surface area (Å²) in [6, 6.07) is -1.13. The predicted octanol–water partition coefficient (Wildman–Crippen LogP) is 2.46. The van der Waals surface area contributed by atoms with Crippen LogP contribution in [0.3, 0.4) is 0 Å². The summed E-state index contributed by atoms with van der Waals surface area (Å²) in [6.07, 6.45) is 3.07. The molecule has 0 heterocycles. The molecule has 0 aliphatic carbocycles. The Morgan fingerprint density at radius 1 is 1.21 bits per heavy atom. The number of aliphatic carboxylic acids is 1. The molecule has 0 aromatic heterocycles. The topological polar surface area (TPSA) is 78.4 Å². The fourth-order valence-corrected chi connectivity index (χ4v) is 2.37. The first-order valence-corrected chi connectivity index (χ1v) is 8.04. The van der Waals surface area contributed by atoms with Gasteiger partial charge in [-0.3, -0.25) is 0 Å². The normalized spacial score (nSPS) is 13.6. The van der Waals surface area contributed by atoms with Crippen LogP contribution in [-0.2, 0) is 4.79 Å². The molecule has 2 atom stereocenters. The highest BCUT2D eigenvalue weighted by Crippen LogP contribution is 2.04. The zero-order chi connectivity index (χ0) is 14.7. The van der Waals surface area contributed by atoms with E-state index in [1.54, 1.807) is 0 Å². The van der Waals surface area contributed by atoms with Gasteiger partial charge in [0.05, 0.1) is 0 Å². The van der Waals surface area contributed by atoms with Gasteiger partial charge in [0.2, 0.25) is 0 Å². The number of unbranched alkanes of at least 4 members (excludes halogenated alkanes) is 1. The lowest BCUT2D eigenvalue weighted by Gasteiger charge is -2.18. The minimum Gasteiger partial charge on any atom is -0.480 e. The molecule has 0 bridgehead atoms. The van der Waals surface area contributed by atoms with Crippen molar-refractivity contribution in [2.45, 2.75) is 58.5 Å². The van der Waals surface area contributed by atoms with Crippen LogP contribution in [0.15, 0.2) is 0 Å². The molecule has 3 N–H and O–H groups in total. The molecule has 6 heteroatoms. The maximum Gasteiger partial charge on any atom is 0.326 e. The number of thioether (sulfide) groups is 1. The number of carbonyl (C=O) groups excluding carboxylic acids is 1. The molecular formula is C13H26N2O3S. The van der Waals surface area contributed by atoms with Crippen molar-refractivity contribution in [3.05, 3.63) is 0 Å². The molecule has 0 saturated carbocycles. The van der Waals surface area contributed by atoms with Crippen LogP contribution in [0.2, 0.25) is 0 Å². The third kappa shape index (κ3) is 9.64. The van der Waals surface area contributed by atoms with Crippen LogP contribution in [0.4, 0.5) is 4.79 Å². The number of carboxylic acid groups (broad SMARTS) is 1. The van der Waals surface area contributed by atoms with Crippen molar-refractivity contribution in [3.63, 3.8) is 0 Å². The average Bonchev–Trinajstić information content (AvgIpc) is 2.34. The van der Waals surface area contributed by atoms with E-state index < -0.39 is 18.0 Å². The molecule has 0 saturated heterocycles. The second kappa shape index (κ2) is 11.0. The lowest BCUT2D eigenvalue weighted by molar-refractivity contribution is -0.139. The SMILES string of the molecule is CCCC[C@H](NC(=O)NC(C)CCSCC)C(=O)O. The molecule has 19 heavy (non-hydrogen) atoms. The van der Waals surface area contributed by atoms with Gasteiger partial charge in [0.25, 0.3) is 0 Å². The summed E-state index contributed by atoms with van der Waals surface area (Å²) < 4.78 is 0. The molecule has 5 nitrogen and oxygen atoms in total. The summed E-state index contributed by atoms with van der Waals surface area (Å²) in [6.45, 7) is 6.02. The number of carbonyl (C=O) groups is 2. The third-order valence-electron chi connectivity index (χ3n) is 2.73. The van der Waals surface area contributed by atoms with Gasteiger partial charge in [-0.2, -0.15) is 11.8 Å². The zero-order valence-electron chi connectivity index (χ0n) is 12.1. The lowest BCUT2D eigenvalue weighted by Crippen LogP contribution is -2.48. The number of amides is 2. The first kappa shape index (κ1) is 18.1. The standard InChI is InChI=1S/C13H26N2O3S/c1-4-6-7-11(12(16)17)15-13(18)14-10(3)8-9-19-5-2/h10-11H,4-9H2,1-3H3,(H,16,17)(H2,14,15,18)/t10?,11-/m0/s1. The van der Waals surface area contributed by atoms with Gasteiger partial charge >= 0.3 is 12.0 Å². The largest absolute Gasteiger partial charge is 0.480 e. The Morgan fingerprint density at radius 3 is 2.42 bits per heavy atom. The van der Waals surface area contributed by atoms with Crippen molar-refractivity contribution in [3.8, 4) is 0 Å². The Bertz CT molecular complexity index is 275. The Kier molecular flexibility index (Phi) is 10.4. The van der Waals surface area contributed by atoms with Gasteiger partial charge in [-0.05, 0) is 31.3 Å².